The highest BCUT2D eigenvalue weighted by Gasteiger charge is 2.27. The number of carboxylic acid groups (broad SMARTS) is 1. The van der Waals surface area contributed by atoms with Crippen LogP contribution >= 0.6 is 0 Å². The molecular formula is C21H22N12O16. The molecule has 0 radical (unpaired) electrons. The third-order valence-electron chi connectivity index (χ3n) is 5.12. The zero-order valence-corrected chi connectivity index (χ0v) is 25.4. The molecule has 4 heterocycles. The van der Waals surface area contributed by atoms with Gasteiger partial charge in [0, 0.05) is 14.1 Å². The van der Waals surface area contributed by atoms with Crippen LogP contribution in [0.1, 0.15) is 42.0 Å². The minimum atomic E-state index is -1.39. The standard InChI is InChI=1S/2C6H7N3O4.C5H5N3O4.C4H3N3O4/c1-8-3-4(9(11)12)5(7-8)6(10)13-2;1-8-5(6(10)13-2)4(3-7-8)9(11)12;1-12-5(9)4-3(8(10)11)2-6-7-4;8-4(9)3-2(7(10)11)1-5-6-3/h2*3H,1-2H3;2H,1H3,(H,6,7);1H,(H,5,6)(H,8,9). The van der Waals surface area contributed by atoms with Crippen LogP contribution in [-0.4, -0.2) is 110 Å². The molecule has 4 rings (SSSR count). The first kappa shape index (κ1) is 39.3. The molecule has 0 bridgehead atoms. The fourth-order valence-corrected chi connectivity index (χ4v) is 2.99. The van der Waals surface area contributed by atoms with Gasteiger partial charge in [0.1, 0.15) is 24.8 Å². The van der Waals surface area contributed by atoms with Gasteiger partial charge in [0.2, 0.25) is 22.8 Å². The Morgan fingerprint density at radius 3 is 1.55 bits per heavy atom. The number of hydrogen-bond acceptors (Lipinski definition) is 19. The number of carbonyl (C=O) groups excluding carboxylic acids is 3. The van der Waals surface area contributed by atoms with Gasteiger partial charge in [-0.15, -0.1) is 0 Å². The van der Waals surface area contributed by atoms with Gasteiger partial charge in [0.25, 0.3) is 0 Å². The Hall–Kier alpha value is -7.68. The molecule has 4 aromatic heterocycles. The van der Waals surface area contributed by atoms with Gasteiger partial charge < -0.3 is 19.3 Å². The number of aryl methyl sites for hydroxylation is 2. The molecule has 0 aliphatic rings. The van der Waals surface area contributed by atoms with E-state index in [1.165, 1.54) is 18.8 Å². The number of carboxylic acids is 1. The van der Waals surface area contributed by atoms with Crippen LogP contribution < -0.4 is 0 Å². The second-order valence-electron chi connectivity index (χ2n) is 8.11. The number of ether oxygens (including phenoxy) is 3. The number of H-pyrrole nitrogens is 2. The normalized spacial score (nSPS) is 9.57. The third kappa shape index (κ3) is 10.4. The Morgan fingerprint density at radius 1 is 0.694 bits per heavy atom. The Morgan fingerprint density at radius 2 is 1.14 bits per heavy atom. The van der Waals surface area contributed by atoms with Gasteiger partial charge in [-0.3, -0.25) is 60.0 Å². The van der Waals surface area contributed by atoms with Crippen molar-refractivity contribution in [3.05, 3.63) is 88.0 Å². The molecule has 0 aromatic carbocycles. The molecule has 262 valence electrons. The van der Waals surface area contributed by atoms with E-state index >= 15 is 0 Å². The molecule has 0 saturated carbocycles. The zero-order chi connectivity index (χ0) is 37.6. The molecule has 28 heteroatoms. The molecule has 0 spiro atoms. The Balaban J connectivity index is 0.000000327. The van der Waals surface area contributed by atoms with Crippen molar-refractivity contribution in [1.29, 1.82) is 0 Å². The summed E-state index contributed by atoms with van der Waals surface area (Å²) >= 11 is 0. The third-order valence-corrected chi connectivity index (χ3v) is 5.12. The van der Waals surface area contributed by atoms with E-state index in [2.05, 4.69) is 39.7 Å². The molecule has 0 unspecified atom stereocenters. The van der Waals surface area contributed by atoms with Crippen LogP contribution in [0.15, 0.2) is 24.8 Å². The smallest absolute Gasteiger partial charge is 0.365 e. The zero-order valence-electron chi connectivity index (χ0n) is 25.4. The molecule has 0 aliphatic heterocycles. The second kappa shape index (κ2) is 17.7. The van der Waals surface area contributed by atoms with Gasteiger partial charge in [-0.05, 0) is 0 Å². The largest absolute Gasteiger partial charge is 0.476 e. The number of nitro groups is 4. The number of carbonyl (C=O) groups is 4. The predicted molar refractivity (Wildman–Crippen MR) is 151 cm³/mol. The van der Waals surface area contributed by atoms with Crippen molar-refractivity contribution < 1.29 is 58.2 Å². The molecule has 0 aliphatic carbocycles. The SMILES string of the molecule is COC(=O)c1[nH]ncc1[N+](=O)[O-].COC(=O)c1c([N+](=O)[O-])cnn1C.COC(=O)c1nn(C)cc1[N+](=O)[O-].O=C(O)c1[nH]ncc1[N+](=O)[O-]. The van der Waals surface area contributed by atoms with Crippen LogP contribution in [0.5, 0.6) is 0 Å². The first-order valence-corrected chi connectivity index (χ1v) is 12.1. The number of methoxy groups -OCH3 is 3. The first-order chi connectivity index (χ1) is 22.9. The quantitative estimate of drug-likeness (QED) is 0.0966. The topological polar surface area (TPSA) is 382 Å². The summed E-state index contributed by atoms with van der Waals surface area (Å²) in [7, 11) is 6.34. The number of aromatic nitrogens is 8. The van der Waals surface area contributed by atoms with Crippen molar-refractivity contribution in [2.24, 2.45) is 14.1 Å². The average molecular weight is 698 g/mol. The maximum Gasteiger partial charge on any atom is 0.365 e. The van der Waals surface area contributed by atoms with Crippen molar-refractivity contribution in [3.8, 4) is 0 Å². The average Bonchev–Trinajstić information content (AvgIpc) is 3.86. The highest BCUT2D eigenvalue weighted by molar-refractivity contribution is 5.92. The van der Waals surface area contributed by atoms with Crippen LogP contribution in [0.3, 0.4) is 0 Å². The van der Waals surface area contributed by atoms with Gasteiger partial charge >= 0.3 is 46.6 Å². The Bertz CT molecular complexity index is 1830. The van der Waals surface area contributed by atoms with Gasteiger partial charge in [-0.1, -0.05) is 0 Å². The van der Waals surface area contributed by atoms with Crippen molar-refractivity contribution in [2.75, 3.05) is 21.3 Å². The van der Waals surface area contributed by atoms with Crippen molar-refractivity contribution >= 4 is 46.6 Å². The molecule has 49 heavy (non-hydrogen) atoms. The van der Waals surface area contributed by atoms with Crippen LogP contribution in [0.25, 0.3) is 0 Å². The minimum absolute atomic E-state index is 0.160. The summed E-state index contributed by atoms with van der Waals surface area (Å²) < 4.78 is 15.2. The number of esters is 3. The summed E-state index contributed by atoms with van der Waals surface area (Å²) in [6.07, 6.45) is 3.95. The lowest BCUT2D eigenvalue weighted by atomic mass is 10.4. The molecule has 28 nitrogen and oxygen atoms in total. The predicted octanol–water partition coefficient (Wildman–Crippen LogP) is 0.350. The number of rotatable bonds is 8. The lowest BCUT2D eigenvalue weighted by molar-refractivity contribution is -0.385. The monoisotopic (exact) mass is 698 g/mol. The Labute approximate surface area is 268 Å². The van der Waals surface area contributed by atoms with E-state index in [1.54, 1.807) is 0 Å². The van der Waals surface area contributed by atoms with E-state index in [1.807, 2.05) is 5.10 Å². The van der Waals surface area contributed by atoms with Gasteiger partial charge in [-0.25, -0.2) is 19.2 Å². The van der Waals surface area contributed by atoms with Crippen LogP contribution in [0, 0.1) is 40.5 Å². The van der Waals surface area contributed by atoms with Gasteiger partial charge in [0.05, 0.1) is 41.0 Å². The number of nitrogens with one attached hydrogen (secondary N) is 2. The highest BCUT2D eigenvalue weighted by atomic mass is 16.6. The lowest BCUT2D eigenvalue weighted by Crippen LogP contribution is -2.10. The maximum atomic E-state index is 11.0. The second-order valence-corrected chi connectivity index (χ2v) is 8.11. The number of aromatic carboxylic acids is 1. The molecule has 0 atom stereocenters. The highest BCUT2D eigenvalue weighted by Crippen LogP contribution is 2.18. The van der Waals surface area contributed by atoms with E-state index in [4.69, 9.17) is 5.11 Å². The van der Waals surface area contributed by atoms with Crippen molar-refractivity contribution in [1.82, 2.24) is 40.0 Å². The summed E-state index contributed by atoms with van der Waals surface area (Å²) in [5, 5.41) is 67.4. The maximum absolute atomic E-state index is 11.0. The summed E-state index contributed by atoms with van der Waals surface area (Å²) in [4.78, 5) is 81.2. The van der Waals surface area contributed by atoms with E-state index < -0.39 is 55.0 Å². The van der Waals surface area contributed by atoms with Crippen LogP contribution in [0.4, 0.5) is 22.7 Å². The number of aromatic amines is 2. The Kier molecular flexibility index (Phi) is 14.2. The molecule has 0 fully saturated rings. The van der Waals surface area contributed by atoms with E-state index in [0.717, 1.165) is 50.8 Å². The van der Waals surface area contributed by atoms with E-state index in [0.29, 0.717) is 0 Å². The van der Waals surface area contributed by atoms with Gasteiger partial charge in [-0.2, -0.15) is 20.4 Å². The van der Waals surface area contributed by atoms with Crippen molar-refractivity contribution in [2.45, 2.75) is 0 Å². The minimum Gasteiger partial charge on any atom is -0.476 e. The summed E-state index contributed by atoms with van der Waals surface area (Å²) in [5.41, 5.74) is -2.82. The number of nitrogens with zero attached hydrogens (tertiary/aromatic N) is 10. The first-order valence-electron chi connectivity index (χ1n) is 12.1. The lowest BCUT2D eigenvalue weighted by Gasteiger charge is -1.97. The summed E-state index contributed by atoms with van der Waals surface area (Å²) in [6.45, 7) is 0. The van der Waals surface area contributed by atoms with Crippen LogP contribution in [-0.2, 0) is 28.3 Å². The molecule has 4 aromatic rings. The van der Waals surface area contributed by atoms with Gasteiger partial charge in [0.15, 0.2) is 0 Å². The fourth-order valence-electron chi connectivity index (χ4n) is 2.99. The fraction of sp³-hybridized carbons (Fsp3) is 0.238. The van der Waals surface area contributed by atoms with Crippen LogP contribution in [0.2, 0.25) is 0 Å². The van der Waals surface area contributed by atoms with E-state index in [-0.39, 0.29) is 34.1 Å². The summed E-state index contributed by atoms with van der Waals surface area (Å²) in [6, 6.07) is 0. The number of hydrogen-bond donors (Lipinski definition) is 3. The van der Waals surface area contributed by atoms with E-state index in [9.17, 15) is 59.6 Å². The molecule has 0 amide bonds. The molecular weight excluding hydrogens is 676 g/mol. The summed E-state index contributed by atoms with van der Waals surface area (Å²) in [5.74, 6) is -3.78. The molecule has 3 N–H and O–H groups in total. The molecule has 0 saturated heterocycles. The van der Waals surface area contributed by atoms with Crippen molar-refractivity contribution in [3.63, 3.8) is 0 Å².